The number of carbonyl (C=O) groups excluding carboxylic acids is 2. The zero-order valence-corrected chi connectivity index (χ0v) is 16.1. The summed E-state index contributed by atoms with van der Waals surface area (Å²) in [6, 6.07) is 11.1. The van der Waals surface area contributed by atoms with Crippen molar-refractivity contribution in [1.82, 2.24) is 5.43 Å². The lowest BCUT2D eigenvalue weighted by atomic mass is 10.1. The Hall–Kier alpha value is -3.26. The van der Waals surface area contributed by atoms with Crippen LogP contribution in [0.15, 0.2) is 47.6 Å². The molecule has 8 nitrogen and oxygen atoms in total. The monoisotopic (exact) mass is 402 g/mol. The van der Waals surface area contributed by atoms with Crippen LogP contribution in [0.2, 0.25) is 5.02 Å². The highest BCUT2D eigenvalue weighted by Gasteiger charge is 2.10. The Balaban J connectivity index is 1.87. The molecule has 28 heavy (non-hydrogen) atoms. The van der Waals surface area contributed by atoms with Gasteiger partial charge in [-0.25, -0.2) is 5.43 Å². The van der Waals surface area contributed by atoms with Crippen LogP contribution >= 0.6 is 11.6 Å². The molecule has 0 atom stereocenters. The number of carbonyl (C=O) groups is 2. The van der Waals surface area contributed by atoms with Crippen molar-refractivity contribution in [2.45, 2.75) is 26.7 Å². The Kier molecular flexibility index (Phi) is 7.22. The minimum Gasteiger partial charge on any atom is -0.326 e. The van der Waals surface area contributed by atoms with Gasteiger partial charge in [-0.05, 0) is 31.5 Å². The number of benzene rings is 2. The van der Waals surface area contributed by atoms with Crippen LogP contribution in [-0.2, 0) is 9.59 Å². The van der Waals surface area contributed by atoms with Gasteiger partial charge in [0.15, 0.2) is 0 Å². The third kappa shape index (κ3) is 5.88. The van der Waals surface area contributed by atoms with E-state index < -0.39 is 10.8 Å². The fraction of sp³-hybridized carbons (Fsp3) is 0.211. The quantitative estimate of drug-likeness (QED) is 0.416. The number of nitro benzene ring substituents is 1. The van der Waals surface area contributed by atoms with Crippen LogP contribution in [0, 0.1) is 17.0 Å². The standard InChI is InChI=1S/C19H19ClN4O4/c1-12-16(20)7-4-8-17(12)21-18(25)9-10-19(26)23-22-13(2)14-5-3-6-15(11-14)24(27)28/h3-8,11H,9-10H2,1-2H3,(H,21,25)(H,23,26)/b22-13-. The fourth-order valence-electron chi connectivity index (χ4n) is 2.29. The van der Waals surface area contributed by atoms with Gasteiger partial charge in [0.2, 0.25) is 11.8 Å². The molecule has 0 heterocycles. The first kappa shape index (κ1) is 21.0. The molecule has 0 saturated carbocycles. The van der Waals surface area contributed by atoms with E-state index in [2.05, 4.69) is 15.8 Å². The Morgan fingerprint density at radius 1 is 1.14 bits per heavy atom. The summed E-state index contributed by atoms with van der Waals surface area (Å²) in [6.07, 6.45) is -0.0830. The molecule has 0 radical (unpaired) electrons. The Morgan fingerprint density at radius 3 is 2.54 bits per heavy atom. The summed E-state index contributed by atoms with van der Waals surface area (Å²) in [5, 5.41) is 18.0. The number of nitrogens with one attached hydrogen (secondary N) is 2. The number of anilines is 1. The molecule has 0 bridgehead atoms. The lowest BCUT2D eigenvalue weighted by Gasteiger charge is -2.09. The van der Waals surface area contributed by atoms with Crippen molar-refractivity contribution in [1.29, 1.82) is 0 Å². The second kappa shape index (κ2) is 9.61. The molecule has 0 fully saturated rings. The van der Waals surface area contributed by atoms with E-state index in [4.69, 9.17) is 11.6 Å². The second-order valence-electron chi connectivity index (χ2n) is 6.00. The number of nitro groups is 1. The maximum Gasteiger partial charge on any atom is 0.270 e. The van der Waals surface area contributed by atoms with E-state index in [0.717, 1.165) is 5.56 Å². The predicted molar refractivity (Wildman–Crippen MR) is 108 cm³/mol. The third-order valence-corrected chi connectivity index (χ3v) is 4.35. The molecule has 0 aromatic heterocycles. The lowest BCUT2D eigenvalue weighted by Crippen LogP contribution is -2.22. The van der Waals surface area contributed by atoms with Crippen LogP contribution in [0.25, 0.3) is 0 Å². The molecule has 0 saturated heterocycles. The fourth-order valence-corrected chi connectivity index (χ4v) is 2.47. The van der Waals surface area contributed by atoms with Gasteiger partial charge in [-0.2, -0.15) is 5.10 Å². The highest BCUT2D eigenvalue weighted by atomic mass is 35.5. The average molecular weight is 403 g/mol. The molecule has 0 spiro atoms. The SMILES string of the molecule is C/C(=N/NC(=O)CCC(=O)Nc1cccc(Cl)c1C)c1cccc([N+](=O)[O-])c1. The summed E-state index contributed by atoms with van der Waals surface area (Å²) in [7, 11) is 0. The minimum atomic E-state index is -0.504. The van der Waals surface area contributed by atoms with Gasteiger partial charge in [0.05, 0.1) is 10.6 Å². The van der Waals surface area contributed by atoms with E-state index in [1.54, 1.807) is 38.1 Å². The first-order chi connectivity index (χ1) is 13.3. The van der Waals surface area contributed by atoms with Crippen molar-refractivity contribution >= 4 is 40.5 Å². The zero-order valence-electron chi connectivity index (χ0n) is 15.4. The molecule has 146 valence electrons. The normalized spacial score (nSPS) is 11.0. The van der Waals surface area contributed by atoms with E-state index in [-0.39, 0.29) is 24.4 Å². The number of rotatable bonds is 7. The summed E-state index contributed by atoms with van der Waals surface area (Å²) in [6.45, 7) is 3.41. The van der Waals surface area contributed by atoms with Gasteiger partial charge in [-0.15, -0.1) is 0 Å². The van der Waals surface area contributed by atoms with E-state index >= 15 is 0 Å². The van der Waals surface area contributed by atoms with E-state index in [0.29, 0.717) is 22.0 Å². The van der Waals surface area contributed by atoms with Gasteiger partial charge in [0, 0.05) is 41.2 Å². The van der Waals surface area contributed by atoms with Crippen molar-refractivity contribution in [3.05, 3.63) is 68.7 Å². The zero-order chi connectivity index (χ0) is 20.7. The molecule has 2 aromatic carbocycles. The number of nitrogens with zero attached hydrogens (tertiary/aromatic N) is 2. The molecule has 0 unspecified atom stereocenters. The van der Waals surface area contributed by atoms with Crippen molar-refractivity contribution in [3.8, 4) is 0 Å². The molecule has 2 N–H and O–H groups in total. The number of amides is 2. The number of hydrazone groups is 1. The number of halogens is 1. The summed E-state index contributed by atoms with van der Waals surface area (Å²) < 4.78 is 0. The van der Waals surface area contributed by atoms with Crippen LogP contribution in [0.1, 0.15) is 30.9 Å². The first-order valence-corrected chi connectivity index (χ1v) is 8.78. The average Bonchev–Trinajstić information content (AvgIpc) is 2.68. The largest absolute Gasteiger partial charge is 0.326 e. The molecular weight excluding hydrogens is 384 g/mol. The van der Waals surface area contributed by atoms with Crippen LogP contribution < -0.4 is 10.7 Å². The lowest BCUT2D eigenvalue weighted by molar-refractivity contribution is -0.384. The van der Waals surface area contributed by atoms with Crippen molar-refractivity contribution < 1.29 is 14.5 Å². The van der Waals surface area contributed by atoms with Gasteiger partial charge in [-0.1, -0.05) is 29.8 Å². The van der Waals surface area contributed by atoms with Gasteiger partial charge in [0.25, 0.3) is 5.69 Å². The minimum absolute atomic E-state index is 0.0246. The second-order valence-corrected chi connectivity index (χ2v) is 6.41. The molecule has 2 rings (SSSR count). The van der Waals surface area contributed by atoms with Gasteiger partial charge >= 0.3 is 0 Å². The maximum absolute atomic E-state index is 12.0. The number of hydrogen-bond acceptors (Lipinski definition) is 5. The Labute approximate surface area is 166 Å². The molecule has 0 aliphatic carbocycles. The molecular formula is C19H19ClN4O4. The van der Waals surface area contributed by atoms with Gasteiger partial charge < -0.3 is 5.32 Å². The van der Waals surface area contributed by atoms with Gasteiger partial charge in [0.1, 0.15) is 0 Å². The number of non-ortho nitro benzene ring substituents is 1. The summed E-state index contributed by atoms with van der Waals surface area (Å²) in [5.74, 6) is -0.761. The third-order valence-electron chi connectivity index (χ3n) is 3.94. The highest BCUT2D eigenvalue weighted by Crippen LogP contribution is 2.23. The van der Waals surface area contributed by atoms with Crippen molar-refractivity contribution in [3.63, 3.8) is 0 Å². The van der Waals surface area contributed by atoms with Crippen LogP contribution in [0.5, 0.6) is 0 Å². The maximum atomic E-state index is 12.0. The van der Waals surface area contributed by atoms with Crippen molar-refractivity contribution in [2.24, 2.45) is 5.10 Å². The smallest absolute Gasteiger partial charge is 0.270 e. The molecule has 2 aromatic rings. The summed E-state index contributed by atoms with van der Waals surface area (Å²) >= 11 is 6.01. The topological polar surface area (TPSA) is 114 Å². The number of hydrogen-bond donors (Lipinski definition) is 2. The van der Waals surface area contributed by atoms with E-state index in [1.165, 1.54) is 18.2 Å². The Morgan fingerprint density at radius 2 is 1.82 bits per heavy atom. The van der Waals surface area contributed by atoms with Crippen molar-refractivity contribution in [2.75, 3.05) is 5.32 Å². The van der Waals surface area contributed by atoms with E-state index in [1.807, 2.05) is 0 Å². The predicted octanol–water partition coefficient (Wildman–Crippen LogP) is 3.82. The first-order valence-electron chi connectivity index (χ1n) is 8.41. The Bertz CT molecular complexity index is 943. The summed E-state index contributed by atoms with van der Waals surface area (Å²) in [5.41, 5.74) is 4.56. The van der Waals surface area contributed by atoms with Crippen LogP contribution in [0.3, 0.4) is 0 Å². The molecule has 2 amide bonds. The summed E-state index contributed by atoms with van der Waals surface area (Å²) in [4.78, 5) is 34.2. The van der Waals surface area contributed by atoms with Crippen LogP contribution in [0.4, 0.5) is 11.4 Å². The highest BCUT2D eigenvalue weighted by molar-refractivity contribution is 6.31. The van der Waals surface area contributed by atoms with Gasteiger partial charge in [-0.3, -0.25) is 19.7 Å². The molecule has 0 aliphatic heterocycles. The molecule has 9 heteroatoms. The van der Waals surface area contributed by atoms with E-state index in [9.17, 15) is 19.7 Å². The van der Waals surface area contributed by atoms with Crippen LogP contribution in [-0.4, -0.2) is 22.4 Å². The molecule has 0 aliphatic rings.